The topological polar surface area (TPSA) is 45.9 Å². The predicted octanol–water partition coefficient (Wildman–Crippen LogP) is 3.53. The molecule has 150 valence electrons. The van der Waals surface area contributed by atoms with Crippen LogP contribution in [0.3, 0.4) is 0 Å². The molecule has 4 heterocycles. The number of hydrogen-bond acceptors (Lipinski definition) is 5. The summed E-state index contributed by atoms with van der Waals surface area (Å²) in [5.41, 5.74) is 1.96. The maximum atomic E-state index is 6.53. The second kappa shape index (κ2) is 7.45. The Kier molecular flexibility index (Phi) is 4.92. The highest BCUT2D eigenvalue weighted by Crippen LogP contribution is 2.57. The molecule has 9 heteroatoms. The highest BCUT2D eigenvalue weighted by atomic mass is 32.4. The second-order valence-electron chi connectivity index (χ2n) is 7.05. The molecule has 2 aromatic heterocycles. The van der Waals surface area contributed by atoms with Crippen molar-refractivity contribution in [2.75, 3.05) is 33.4 Å². The lowest BCUT2D eigenvalue weighted by atomic mass is 10.3. The Balaban J connectivity index is 1.77. The number of amidine groups is 1. The van der Waals surface area contributed by atoms with Crippen molar-refractivity contribution in [3.63, 3.8) is 0 Å². The van der Waals surface area contributed by atoms with Crippen LogP contribution in [-0.4, -0.2) is 58.3 Å². The average Bonchev–Trinajstić information content (AvgIpc) is 3.40. The fourth-order valence-corrected chi connectivity index (χ4v) is 9.05. The number of ether oxygens (including phenoxy) is 1. The van der Waals surface area contributed by atoms with Crippen molar-refractivity contribution in [3.05, 3.63) is 58.4 Å². The molecule has 29 heavy (non-hydrogen) atoms. The molecule has 1 saturated heterocycles. The van der Waals surface area contributed by atoms with Crippen LogP contribution in [0.5, 0.6) is 0 Å². The molecule has 0 amide bonds. The number of thiophene rings is 1. The van der Waals surface area contributed by atoms with Crippen LogP contribution in [0.4, 0.5) is 5.82 Å². The number of hydrogen-bond donors (Lipinski definition) is 0. The molecular formula is C20H22N5OPS2. The molecule has 0 unspecified atom stereocenters. The van der Waals surface area contributed by atoms with E-state index in [0.29, 0.717) is 13.2 Å². The third-order valence-corrected chi connectivity index (χ3v) is 11.5. The molecule has 1 fully saturated rings. The minimum Gasteiger partial charge on any atom is -0.379 e. The van der Waals surface area contributed by atoms with Gasteiger partial charge >= 0.3 is 0 Å². The van der Waals surface area contributed by atoms with Gasteiger partial charge in [0.25, 0.3) is 0 Å². The monoisotopic (exact) mass is 443 g/mol. The summed E-state index contributed by atoms with van der Waals surface area (Å²) in [5.74, 6) is 1.80. The van der Waals surface area contributed by atoms with E-state index in [-0.39, 0.29) is 0 Å². The van der Waals surface area contributed by atoms with Gasteiger partial charge in [0.05, 0.1) is 34.8 Å². The predicted molar refractivity (Wildman–Crippen MR) is 123 cm³/mol. The number of para-hydroxylation sites is 1. The zero-order chi connectivity index (χ0) is 20.0. The molecule has 0 saturated carbocycles. The first-order chi connectivity index (χ1) is 14.1. The molecule has 1 atom stereocenters. The summed E-state index contributed by atoms with van der Waals surface area (Å²) in [4.78, 5) is 6.24. The van der Waals surface area contributed by atoms with E-state index in [4.69, 9.17) is 26.6 Å². The van der Waals surface area contributed by atoms with Crippen LogP contribution >= 0.6 is 17.7 Å². The summed E-state index contributed by atoms with van der Waals surface area (Å²) in [7, 11) is 2.09. The van der Waals surface area contributed by atoms with Gasteiger partial charge in [-0.1, -0.05) is 36.1 Å². The third-order valence-electron chi connectivity index (χ3n) is 5.33. The van der Waals surface area contributed by atoms with E-state index in [1.165, 1.54) is 0 Å². The van der Waals surface area contributed by atoms with E-state index in [0.717, 1.165) is 46.3 Å². The Labute approximate surface area is 179 Å². The first kappa shape index (κ1) is 19.2. The van der Waals surface area contributed by atoms with E-state index >= 15 is 0 Å². The van der Waals surface area contributed by atoms with Gasteiger partial charge in [0.15, 0.2) is 11.7 Å². The third kappa shape index (κ3) is 3.02. The summed E-state index contributed by atoms with van der Waals surface area (Å²) < 4.78 is 12.2. The van der Waals surface area contributed by atoms with Gasteiger partial charge in [0.2, 0.25) is 0 Å². The van der Waals surface area contributed by atoms with Crippen LogP contribution in [0.25, 0.3) is 5.69 Å². The van der Waals surface area contributed by atoms with Gasteiger partial charge in [-0.15, -0.1) is 11.3 Å². The van der Waals surface area contributed by atoms with Crippen molar-refractivity contribution < 1.29 is 4.74 Å². The van der Waals surface area contributed by atoms with Crippen molar-refractivity contribution in [2.24, 2.45) is 4.99 Å². The Morgan fingerprint density at radius 3 is 2.55 bits per heavy atom. The smallest absolute Gasteiger partial charge is 0.169 e. The lowest BCUT2D eigenvalue weighted by Gasteiger charge is -2.45. The maximum absolute atomic E-state index is 6.53. The molecule has 6 nitrogen and oxygen atoms in total. The van der Waals surface area contributed by atoms with Crippen molar-refractivity contribution in [3.8, 4) is 5.69 Å². The molecule has 0 bridgehead atoms. The molecule has 0 spiro atoms. The van der Waals surface area contributed by atoms with Crippen molar-refractivity contribution in [2.45, 2.75) is 6.92 Å². The van der Waals surface area contributed by atoms with Crippen LogP contribution in [0.1, 0.15) is 10.6 Å². The zero-order valence-electron chi connectivity index (χ0n) is 16.4. The average molecular weight is 444 g/mol. The van der Waals surface area contributed by atoms with E-state index < -0.39 is 6.34 Å². The van der Waals surface area contributed by atoms with Gasteiger partial charge in [-0.25, -0.2) is 9.67 Å². The van der Waals surface area contributed by atoms with Gasteiger partial charge < -0.3 is 9.41 Å². The summed E-state index contributed by atoms with van der Waals surface area (Å²) in [6, 6.07) is 14.3. The molecule has 0 N–H and O–H groups in total. The molecule has 0 radical (unpaired) electrons. The fraction of sp³-hybridized carbons (Fsp3) is 0.300. The number of aryl methyl sites for hydroxylation is 1. The molecule has 0 aliphatic carbocycles. The van der Waals surface area contributed by atoms with Crippen LogP contribution in [-0.2, 0) is 16.5 Å². The summed E-state index contributed by atoms with van der Waals surface area (Å²) in [6.45, 7) is 5.13. The number of fused-ring (bicyclic) bond motifs is 1. The normalized spacial score (nSPS) is 22.4. The van der Waals surface area contributed by atoms with Crippen molar-refractivity contribution in [1.82, 2.24) is 19.1 Å². The molecule has 5 rings (SSSR count). The van der Waals surface area contributed by atoms with E-state index in [1.54, 1.807) is 11.3 Å². The van der Waals surface area contributed by atoms with Crippen LogP contribution < -0.4 is 5.30 Å². The molecule has 3 aromatic rings. The Morgan fingerprint density at radius 2 is 1.86 bits per heavy atom. The molecule has 2 aliphatic heterocycles. The summed E-state index contributed by atoms with van der Waals surface area (Å²) in [6.07, 6.45) is -2.29. The van der Waals surface area contributed by atoms with Gasteiger partial charge in [-0.3, -0.25) is 4.67 Å². The highest BCUT2D eigenvalue weighted by Gasteiger charge is 2.43. The largest absolute Gasteiger partial charge is 0.379 e. The van der Waals surface area contributed by atoms with Crippen molar-refractivity contribution >= 4 is 46.4 Å². The Bertz CT molecular complexity index is 1100. The Morgan fingerprint density at radius 1 is 1.10 bits per heavy atom. The minimum atomic E-state index is -2.29. The van der Waals surface area contributed by atoms with Crippen LogP contribution in [0, 0.1) is 6.92 Å². The standard InChI is InChI=1S/C20H22N5OPS2/c1-15-18-20(25(22-15)16-7-4-3-5-8-16)21-19(17-9-6-14-29-17)23(2)27(18,28)24-10-12-26-13-11-24/h3-9,14H,10-13H2,1-2H3/t27-/m0/s1. The second-order valence-corrected chi connectivity index (χ2v) is 12.2. The van der Waals surface area contributed by atoms with Gasteiger partial charge in [-0.05, 0) is 30.5 Å². The maximum Gasteiger partial charge on any atom is 0.169 e. The lowest BCUT2D eigenvalue weighted by molar-refractivity contribution is 0.0738. The Hall–Kier alpha value is -1.83. The van der Waals surface area contributed by atoms with E-state index in [9.17, 15) is 0 Å². The van der Waals surface area contributed by atoms with Crippen LogP contribution in [0.15, 0.2) is 52.8 Å². The number of aliphatic imine (C=N–C) groups is 1. The molecule has 2 aliphatic rings. The van der Waals surface area contributed by atoms with Gasteiger partial charge in [0.1, 0.15) is 6.34 Å². The summed E-state index contributed by atoms with van der Waals surface area (Å²) >= 11 is 8.22. The first-order valence-corrected chi connectivity index (χ1v) is 13.1. The zero-order valence-corrected chi connectivity index (χ0v) is 18.9. The molecular weight excluding hydrogens is 421 g/mol. The van der Waals surface area contributed by atoms with E-state index in [1.807, 2.05) is 22.9 Å². The number of benzene rings is 1. The highest BCUT2D eigenvalue weighted by molar-refractivity contribution is 8.16. The van der Waals surface area contributed by atoms with Crippen molar-refractivity contribution in [1.29, 1.82) is 0 Å². The van der Waals surface area contributed by atoms with Crippen LogP contribution in [0.2, 0.25) is 0 Å². The molecule has 1 aromatic carbocycles. The number of nitrogens with zero attached hydrogens (tertiary/aromatic N) is 5. The number of aromatic nitrogens is 2. The van der Waals surface area contributed by atoms with E-state index in [2.05, 4.69) is 53.0 Å². The van der Waals surface area contributed by atoms with Gasteiger partial charge in [-0.2, -0.15) is 5.10 Å². The SMILES string of the molecule is Cc1nn(-c2ccccc2)c2c1[P@@](=S)(N1CCOCC1)N(C)C(c1cccs1)=N2. The summed E-state index contributed by atoms with van der Waals surface area (Å²) in [5, 5.41) is 8.07. The first-order valence-electron chi connectivity index (χ1n) is 9.56. The van der Waals surface area contributed by atoms with Gasteiger partial charge in [0, 0.05) is 20.1 Å². The lowest BCUT2D eigenvalue weighted by Crippen LogP contribution is -2.45. The minimum absolute atomic E-state index is 0.707. The fourth-order valence-electron chi connectivity index (χ4n) is 3.92. The number of morpholine rings is 1. The number of rotatable bonds is 3. The quantitative estimate of drug-likeness (QED) is 0.580.